The van der Waals surface area contributed by atoms with E-state index in [1.54, 1.807) is 11.3 Å². The number of amides is 1. The number of piperidine rings is 1. The Labute approximate surface area is 161 Å². The number of anilines is 1. The number of nitrogens with one attached hydrogen (secondary N) is 1. The molecule has 0 bridgehead atoms. The van der Waals surface area contributed by atoms with Gasteiger partial charge < -0.3 is 15.1 Å². The van der Waals surface area contributed by atoms with Gasteiger partial charge in [-0.1, -0.05) is 0 Å². The molecular formula is C16H28Cl2N4OS. The molecule has 1 aromatic heterocycles. The van der Waals surface area contributed by atoms with Crippen LogP contribution in [0.2, 0.25) is 0 Å². The predicted molar refractivity (Wildman–Crippen MR) is 105 cm³/mol. The summed E-state index contributed by atoms with van der Waals surface area (Å²) in [6.07, 6.45) is 6.17. The molecule has 0 aromatic carbocycles. The van der Waals surface area contributed by atoms with Crippen LogP contribution in [0.25, 0.3) is 0 Å². The highest BCUT2D eigenvalue weighted by atomic mass is 35.5. The Hall–Kier alpha value is -0.560. The molecule has 3 heterocycles. The largest absolute Gasteiger partial charge is 0.345 e. The summed E-state index contributed by atoms with van der Waals surface area (Å²) in [5.74, 6) is 1.08. The average Bonchev–Trinajstić information content (AvgIpc) is 3.00. The fourth-order valence-corrected chi connectivity index (χ4v) is 4.10. The number of thiazole rings is 1. The molecule has 0 aliphatic carbocycles. The molecule has 8 heteroatoms. The molecule has 1 N–H and O–H groups in total. The van der Waals surface area contributed by atoms with Crippen LogP contribution in [0.4, 0.5) is 5.13 Å². The summed E-state index contributed by atoms with van der Waals surface area (Å²) in [6, 6.07) is 0. The lowest BCUT2D eigenvalue weighted by atomic mass is 9.93. The molecule has 0 radical (unpaired) electrons. The zero-order chi connectivity index (χ0) is 15.4. The third kappa shape index (κ3) is 5.76. The van der Waals surface area contributed by atoms with E-state index in [1.165, 1.54) is 17.7 Å². The first kappa shape index (κ1) is 21.5. The Morgan fingerprint density at radius 1 is 1.25 bits per heavy atom. The van der Waals surface area contributed by atoms with E-state index in [2.05, 4.69) is 22.1 Å². The van der Waals surface area contributed by atoms with Crippen LogP contribution < -0.4 is 10.2 Å². The first-order chi connectivity index (χ1) is 10.7. The van der Waals surface area contributed by atoms with Crippen molar-refractivity contribution in [3.05, 3.63) is 11.1 Å². The number of rotatable bonds is 4. The maximum Gasteiger partial charge on any atom is 0.222 e. The lowest BCUT2D eigenvalue weighted by Gasteiger charge is -2.35. The minimum Gasteiger partial charge on any atom is -0.345 e. The molecule has 1 aromatic rings. The number of hydrogen-bond donors (Lipinski definition) is 1. The number of carbonyl (C=O) groups excluding carboxylic acids is 1. The van der Waals surface area contributed by atoms with E-state index in [1.807, 2.05) is 11.1 Å². The van der Waals surface area contributed by atoms with Crippen LogP contribution in [0, 0.1) is 12.8 Å². The van der Waals surface area contributed by atoms with Gasteiger partial charge in [0.15, 0.2) is 5.13 Å². The van der Waals surface area contributed by atoms with E-state index in [0.29, 0.717) is 5.91 Å². The Bertz CT molecular complexity index is 500. The van der Waals surface area contributed by atoms with Crippen LogP contribution in [-0.2, 0) is 4.79 Å². The summed E-state index contributed by atoms with van der Waals surface area (Å²) < 4.78 is 0. The lowest BCUT2D eigenvalue weighted by molar-refractivity contribution is -0.131. The van der Waals surface area contributed by atoms with Crippen molar-refractivity contribution < 1.29 is 4.79 Å². The van der Waals surface area contributed by atoms with Crippen molar-refractivity contribution in [3.8, 4) is 0 Å². The van der Waals surface area contributed by atoms with Gasteiger partial charge in [-0.05, 0) is 45.2 Å². The van der Waals surface area contributed by atoms with Gasteiger partial charge in [-0.2, -0.15) is 0 Å². The number of aryl methyl sites for hydroxylation is 1. The zero-order valence-electron chi connectivity index (χ0n) is 14.2. The topological polar surface area (TPSA) is 48.5 Å². The second-order valence-corrected chi connectivity index (χ2v) is 7.57. The molecule has 0 saturated carbocycles. The first-order valence-electron chi connectivity index (χ1n) is 8.38. The molecule has 3 rings (SSSR count). The average molecular weight is 395 g/mol. The van der Waals surface area contributed by atoms with Crippen LogP contribution >= 0.6 is 36.2 Å². The van der Waals surface area contributed by atoms with E-state index in [0.717, 1.165) is 63.2 Å². The minimum atomic E-state index is 0. The van der Waals surface area contributed by atoms with Gasteiger partial charge in [-0.3, -0.25) is 4.79 Å². The highest BCUT2D eigenvalue weighted by Crippen LogP contribution is 2.23. The van der Waals surface area contributed by atoms with E-state index in [4.69, 9.17) is 0 Å². The van der Waals surface area contributed by atoms with Gasteiger partial charge in [0, 0.05) is 43.7 Å². The summed E-state index contributed by atoms with van der Waals surface area (Å²) in [4.78, 5) is 22.4. The molecule has 2 aliphatic heterocycles. The number of piperazine rings is 1. The highest BCUT2D eigenvalue weighted by Gasteiger charge is 2.23. The summed E-state index contributed by atoms with van der Waals surface area (Å²) >= 11 is 1.74. The Balaban J connectivity index is 0.00000144. The van der Waals surface area contributed by atoms with E-state index in [9.17, 15) is 4.79 Å². The van der Waals surface area contributed by atoms with Crippen LogP contribution in [0.3, 0.4) is 0 Å². The summed E-state index contributed by atoms with van der Waals surface area (Å²) in [5, 5.41) is 4.48. The molecule has 0 atom stereocenters. The van der Waals surface area contributed by atoms with Gasteiger partial charge in [-0.15, -0.1) is 36.2 Å². The van der Waals surface area contributed by atoms with Crippen molar-refractivity contribution in [2.75, 3.05) is 44.2 Å². The van der Waals surface area contributed by atoms with Crippen LogP contribution in [0.1, 0.15) is 30.6 Å². The number of carbonyl (C=O) groups is 1. The van der Waals surface area contributed by atoms with Gasteiger partial charge in [0.05, 0.1) is 0 Å². The second kappa shape index (κ2) is 10.4. The maximum absolute atomic E-state index is 12.4. The van der Waals surface area contributed by atoms with Crippen molar-refractivity contribution in [3.63, 3.8) is 0 Å². The van der Waals surface area contributed by atoms with E-state index >= 15 is 0 Å². The lowest BCUT2D eigenvalue weighted by Crippen LogP contribution is -2.48. The first-order valence-corrected chi connectivity index (χ1v) is 9.20. The normalized spacial score (nSPS) is 18.7. The molecular weight excluding hydrogens is 367 g/mol. The molecule has 0 spiro atoms. The van der Waals surface area contributed by atoms with Crippen LogP contribution in [0.5, 0.6) is 0 Å². The molecule has 2 aliphatic rings. The maximum atomic E-state index is 12.4. The Morgan fingerprint density at radius 3 is 2.50 bits per heavy atom. The van der Waals surface area contributed by atoms with Gasteiger partial charge in [0.1, 0.15) is 0 Å². The summed E-state index contributed by atoms with van der Waals surface area (Å²) in [6.45, 7) is 7.81. The predicted octanol–water partition coefficient (Wildman–Crippen LogP) is 2.72. The fraction of sp³-hybridized carbons (Fsp3) is 0.750. The van der Waals surface area contributed by atoms with Crippen LogP contribution in [-0.4, -0.2) is 55.1 Å². The molecule has 138 valence electrons. The van der Waals surface area contributed by atoms with Crippen LogP contribution in [0.15, 0.2) is 6.20 Å². The molecule has 24 heavy (non-hydrogen) atoms. The molecule has 1 amide bonds. The molecule has 2 fully saturated rings. The Kier molecular flexibility index (Phi) is 9.34. The third-order valence-corrected chi connectivity index (χ3v) is 5.71. The standard InChI is InChI=1S/C16H26N4OS.2ClH/c1-13-12-18-16(22-13)20-10-8-19(9-11-20)15(21)3-2-14-4-6-17-7-5-14;;/h12,14,17H,2-11H2,1H3;2*1H. The number of halogens is 2. The zero-order valence-corrected chi connectivity index (χ0v) is 16.6. The van der Waals surface area contributed by atoms with Gasteiger partial charge >= 0.3 is 0 Å². The van der Waals surface area contributed by atoms with Crippen molar-refractivity contribution in [2.45, 2.75) is 32.6 Å². The summed E-state index contributed by atoms with van der Waals surface area (Å²) in [7, 11) is 0. The third-order valence-electron chi connectivity index (χ3n) is 4.74. The molecule has 2 saturated heterocycles. The smallest absolute Gasteiger partial charge is 0.222 e. The summed E-state index contributed by atoms with van der Waals surface area (Å²) in [5.41, 5.74) is 0. The number of hydrogen-bond acceptors (Lipinski definition) is 5. The van der Waals surface area contributed by atoms with Crippen molar-refractivity contribution in [1.82, 2.24) is 15.2 Å². The molecule has 5 nitrogen and oxygen atoms in total. The van der Waals surface area contributed by atoms with Crippen molar-refractivity contribution in [1.29, 1.82) is 0 Å². The van der Waals surface area contributed by atoms with Crippen molar-refractivity contribution >= 4 is 47.2 Å². The van der Waals surface area contributed by atoms with Gasteiger partial charge in [0.2, 0.25) is 5.91 Å². The van der Waals surface area contributed by atoms with E-state index in [-0.39, 0.29) is 24.8 Å². The second-order valence-electron chi connectivity index (χ2n) is 6.35. The molecule has 0 unspecified atom stereocenters. The quantitative estimate of drug-likeness (QED) is 0.852. The number of aromatic nitrogens is 1. The SMILES string of the molecule is Cc1cnc(N2CCN(C(=O)CCC3CCNCC3)CC2)s1.Cl.Cl. The minimum absolute atomic E-state index is 0. The van der Waals surface area contributed by atoms with Crippen molar-refractivity contribution in [2.24, 2.45) is 5.92 Å². The number of nitrogens with zero attached hydrogens (tertiary/aromatic N) is 3. The highest BCUT2D eigenvalue weighted by molar-refractivity contribution is 7.15. The van der Waals surface area contributed by atoms with Gasteiger partial charge in [-0.25, -0.2) is 4.98 Å². The van der Waals surface area contributed by atoms with E-state index < -0.39 is 0 Å². The monoisotopic (exact) mass is 394 g/mol. The fourth-order valence-electron chi connectivity index (χ4n) is 3.29. The Morgan fingerprint density at radius 2 is 1.92 bits per heavy atom. The van der Waals surface area contributed by atoms with Gasteiger partial charge in [0.25, 0.3) is 0 Å².